The van der Waals surface area contributed by atoms with Gasteiger partial charge in [-0.3, -0.25) is 14.5 Å². The predicted molar refractivity (Wildman–Crippen MR) is 145 cm³/mol. The van der Waals surface area contributed by atoms with E-state index in [2.05, 4.69) is 14.8 Å². The molecule has 2 fully saturated rings. The number of hydrogen-bond acceptors (Lipinski definition) is 6. The molecule has 2 aromatic carbocycles. The number of methoxy groups -OCH3 is 1. The predicted octanol–water partition coefficient (Wildman–Crippen LogP) is 3.71. The number of halogens is 3. The first-order valence-electron chi connectivity index (χ1n) is 12.4. The molecule has 0 radical (unpaired) electrons. The first-order valence-corrected chi connectivity index (χ1v) is 14.3. The third-order valence-electron chi connectivity index (χ3n) is 6.51. The monoisotopic (exact) mass is 600 g/mol. The van der Waals surface area contributed by atoms with Crippen molar-refractivity contribution in [2.24, 2.45) is 0 Å². The summed E-state index contributed by atoms with van der Waals surface area (Å²) in [5.74, 6) is -3.54. The zero-order valence-electron chi connectivity index (χ0n) is 22.0. The maximum absolute atomic E-state index is 13.2. The van der Waals surface area contributed by atoms with Gasteiger partial charge in [-0.15, -0.1) is 0 Å². The van der Waals surface area contributed by atoms with Gasteiger partial charge in [0.15, 0.2) is 0 Å². The lowest BCUT2D eigenvalue weighted by Crippen LogP contribution is -2.53. The third-order valence-corrected chi connectivity index (χ3v) is 8.27. The zero-order chi connectivity index (χ0) is 29.5. The highest BCUT2D eigenvalue weighted by Gasteiger charge is 2.47. The molecule has 1 saturated heterocycles. The molecule has 0 aromatic heterocycles. The van der Waals surface area contributed by atoms with Gasteiger partial charge in [-0.05, 0) is 44.2 Å². The molecular weight excluding hydrogens is 570 g/mol. The van der Waals surface area contributed by atoms with Crippen molar-refractivity contribution in [2.75, 3.05) is 32.1 Å². The molecular formula is C26H31ClF2N4O6S. The molecule has 1 unspecified atom stereocenters. The Balaban J connectivity index is 0.000000415. The lowest BCUT2D eigenvalue weighted by molar-refractivity contribution is -0.131. The number of likely N-dealkylation sites (tertiary alicyclic amines) is 1. The second kappa shape index (κ2) is 13.4. The molecule has 3 amide bonds. The van der Waals surface area contributed by atoms with E-state index in [1.807, 2.05) is 0 Å². The summed E-state index contributed by atoms with van der Waals surface area (Å²) in [7, 11) is -1.15. The Bertz CT molecular complexity index is 1320. The van der Waals surface area contributed by atoms with Gasteiger partial charge in [0.2, 0.25) is 22.3 Å². The molecule has 40 heavy (non-hydrogen) atoms. The van der Waals surface area contributed by atoms with E-state index in [0.717, 1.165) is 30.8 Å². The summed E-state index contributed by atoms with van der Waals surface area (Å²) in [5.41, 5.74) is 0.382. The minimum atomic E-state index is -3.81. The Labute approximate surface area is 236 Å². The van der Waals surface area contributed by atoms with E-state index in [9.17, 15) is 31.6 Å². The van der Waals surface area contributed by atoms with Gasteiger partial charge in [0, 0.05) is 48.2 Å². The van der Waals surface area contributed by atoms with Crippen LogP contribution in [0.25, 0.3) is 0 Å². The van der Waals surface area contributed by atoms with Crippen molar-refractivity contribution in [3.63, 3.8) is 0 Å². The number of anilines is 1. The maximum Gasteiger partial charge on any atom is 0.409 e. The van der Waals surface area contributed by atoms with Crippen LogP contribution in [-0.2, 0) is 24.3 Å². The minimum Gasteiger partial charge on any atom is -0.453 e. The number of amides is 3. The second-order valence-electron chi connectivity index (χ2n) is 9.28. The van der Waals surface area contributed by atoms with E-state index in [-0.39, 0.29) is 27.3 Å². The van der Waals surface area contributed by atoms with Crippen molar-refractivity contribution in [3.05, 3.63) is 59.1 Å². The van der Waals surface area contributed by atoms with Gasteiger partial charge in [0.1, 0.15) is 6.04 Å². The van der Waals surface area contributed by atoms with Gasteiger partial charge < -0.3 is 15.0 Å². The van der Waals surface area contributed by atoms with E-state index in [1.54, 1.807) is 17.0 Å². The molecule has 10 nitrogen and oxygen atoms in total. The van der Waals surface area contributed by atoms with E-state index >= 15 is 0 Å². The molecule has 0 bridgehead atoms. The molecule has 4 rings (SSSR count). The van der Waals surface area contributed by atoms with Gasteiger partial charge in [-0.25, -0.2) is 26.7 Å². The lowest BCUT2D eigenvalue weighted by atomic mass is 9.87. The molecule has 2 N–H and O–H groups in total. The standard InChI is InChI=1S/C20H20ClF2N3O4S.C6H11NO2/c1-24-31(29,30)15-6-4-5-14(9-15)26(12-27)18(16-7-2-3-8-17(16)21)19(28)25-13-10-20(22,23)11-13;1-9-6(8)7-4-2-3-5-7/h2-9,12-13,18,24H,10-11H2,1H3,(H,25,28);2-5H2,1H3. The van der Waals surface area contributed by atoms with E-state index in [0.29, 0.717) is 6.41 Å². The number of nitrogens with zero attached hydrogens (tertiary/aromatic N) is 2. The molecule has 218 valence electrons. The molecule has 0 spiro atoms. The molecule has 1 saturated carbocycles. The van der Waals surface area contributed by atoms with Crippen LogP contribution < -0.4 is 14.9 Å². The Hall–Kier alpha value is -3.29. The number of benzene rings is 2. The number of carbonyl (C=O) groups excluding carboxylic acids is 3. The van der Waals surface area contributed by atoms with E-state index in [4.69, 9.17) is 11.6 Å². The molecule has 1 atom stereocenters. The first-order chi connectivity index (χ1) is 18.9. The second-order valence-corrected chi connectivity index (χ2v) is 11.6. The Morgan fingerprint density at radius 3 is 2.35 bits per heavy atom. The summed E-state index contributed by atoms with van der Waals surface area (Å²) in [6.07, 6.45) is 1.43. The normalized spacial score (nSPS) is 17.1. The number of nitrogens with one attached hydrogen (secondary N) is 2. The Morgan fingerprint density at radius 1 is 1.15 bits per heavy atom. The molecule has 14 heteroatoms. The summed E-state index contributed by atoms with van der Waals surface area (Å²) >= 11 is 6.26. The van der Waals surface area contributed by atoms with E-state index < -0.39 is 46.8 Å². The topological polar surface area (TPSA) is 125 Å². The summed E-state index contributed by atoms with van der Waals surface area (Å²) in [4.78, 5) is 38.5. The van der Waals surface area contributed by atoms with Crippen molar-refractivity contribution in [3.8, 4) is 0 Å². The van der Waals surface area contributed by atoms with Crippen molar-refractivity contribution in [1.29, 1.82) is 0 Å². The summed E-state index contributed by atoms with van der Waals surface area (Å²) in [6, 6.07) is 9.72. The van der Waals surface area contributed by atoms with Crippen LogP contribution in [-0.4, -0.2) is 70.9 Å². The van der Waals surface area contributed by atoms with Gasteiger partial charge in [-0.2, -0.15) is 0 Å². The minimum absolute atomic E-state index is 0.115. The number of rotatable bonds is 8. The molecule has 2 aliphatic rings. The van der Waals surface area contributed by atoms with Crippen LogP contribution in [0.4, 0.5) is 19.3 Å². The van der Waals surface area contributed by atoms with Gasteiger partial charge in [0.05, 0.1) is 12.0 Å². The third kappa shape index (κ3) is 7.67. The van der Waals surface area contributed by atoms with Crippen LogP contribution in [0.2, 0.25) is 5.02 Å². The highest BCUT2D eigenvalue weighted by molar-refractivity contribution is 7.89. The van der Waals surface area contributed by atoms with Crippen LogP contribution in [0.15, 0.2) is 53.4 Å². The van der Waals surface area contributed by atoms with E-state index in [1.165, 1.54) is 50.6 Å². The smallest absolute Gasteiger partial charge is 0.409 e. The highest BCUT2D eigenvalue weighted by Crippen LogP contribution is 2.38. The van der Waals surface area contributed by atoms with Crippen LogP contribution in [0.3, 0.4) is 0 Å². The molecule has 1 aliphatic heterocycles. The van der Waals surface area contributed by atoms with Gasteiger partial charge in [0.25, 0.3) is 5.92 Å². The fraction of sp³-hybridized carbons (Fsp3) is 0.423. The molecule has 1 aliphatic carbocycles. The number of hydrogen-bond donors (Lipinski definition) is 2. The number of sulfonamides is 1. The lowest BCUT2D eigenvalue weighted by Gasteiger charge is -2.37. The fourth-order valence-corrected chi connectivity index (χ4v) is 5.39. The van der Waals surface area contributed by atoms with Crippen molar-refractivity contribution in [1.82, 2.24) is 14.9 Å². The van der Waals surface area contributed by atoms with Crippen LogP contribution in [0.1, 0.15) is 37.3 Å². The Morgan fingerprint density at radius 2 is 1.80 bits per heavy atom. The SMILES string of the molecule is CNS(=O)(=O)c1cccc(N(C=O)C(C(=O)NC2CC(F)(F)C2)c2ccccc2Cl)c1.COC(=O)N1CCCC1. The average Bonchev–Trinajstić information content (AvgIpc) is 3.46. The number of alkyl halides is 2. The van der Waals surface area contributed by atoms with Gasteiger partial charge >= 0.3 is 6.09 Å². The highest BCUT2D eigenvalue weighted by atomic mass is 35.5. The maximum atomic E-state index is 13.2. The summed E-state index contributed by atoms with van der Waals surface area (Å²) in [5, 5.41) is 2.72. The largest absolute Gasteiger partial charge is 0.453 e. The summed E-state index contributed by atoms with van der Waals surface area (Å²) in [6.45, 7) is 1.74. The van der Waals surface area contributed by atoms with Gasteiger partial charge in [-0.1, -0.05) is 35.9 Å². The van der Waals surface area contributed by atoms with Crippen LogP contribution in [0.5, 0.6) is 0 Å². The van der Waals surface area contributed by atoms with Crippen LogP contribution >= 0.6 is 11.6 Å². The van der Waals surface area contributed by atoms with Crippen LogP contribution in [0, 0.1) is 0 Å². The Kier molecular flexibility index (Phi) is 10.4. The molecule has 2 aromatic rings. The first kappa shape index (κ1) is 31.2. The van der Waals surface area contributed by atoms with Crippen molar-refractivity contribution in [2.45, 2.75) is 48.6 Å². The average molecular weight is 601 g/mol. The van der Waals surface area contributed by atoms with Crippen molar-refractivity contribution >= 4 is 45.7 Å². The quantitative estimate of drug-likeness (QED) is 0.445. The zero-order valence-corrected chi connectivity index (χ0v) is 23.6. The summed E-state index contributed by atoms with van der Waals surface area (Å²) < 4.78 is 57.4. The molecule has 1 heterocycles. The number of ether oxygens (including phenoxy) is 1. The number of carbonyl (C=O) groups is 3. The fourth-order valence-electron chi connectivity index (χ4n) is 4.39. The van der Waals surface area contributed by atoms with Crippen molar-refractivity contribution < 1.29 is 36.3 Å².